The molecule has 0 radical (unpaired) electrons. The summed E-state index contributed by atoms with van der Waals surface area (Å²) in [6, 6.07) is 5.90. The Morgan fingerprint density at radius 3 is 2.32 bits per heavy atom. The third-order valence-corrected chi connectivity index (χ3v) is 3.05. The third-order valence-electron chi connectivity index (χ3n) is 3.05. The molecular formula is C15H18F3NO3. The molecule has 22 heavy (non-hydrogen) atoms. The molecule has 0 bridgehead atoms. The van der Waals surface area contributed by atoms with E-state index in [2.05, 4.69) is 5.32 Å². The molecule has 0 aromatic heterocycles. The zero-order valence-electron chi connectivity index (χ0n) is 12.1. The predicted octanol–water partition coefficient (Wildman–Crippen LogP) is 3.02. The molecular weight excluding hydrogens is 299 g/mol. The average Bonchev–Trinajstić information content (AvgIpc) is 2.41. The Bertz CT molecular complexity index is 512. The number of hydrogen-bond acceptors (Lipinski definition) is 2. The molecule has 0 aliphatic heterocycles. The number of carbonyl (C=O) groups is 2. The highest BCUT2D eigenvalue weighted by Gasteiger charge is 2.26. The fraction of sp³-hybridized carbons (Fsp3) is 0.467. The molecule has 1 aromatic rings. The van der Waals surface area contributed by atoms with Crippen molar-refractivity contribution >= 4 is 11.9 Å². The molecule has 0 heterocycles. The second-order valence-corrected chi connectivity index (χ2v) is 5.23. The topological polar surface area (TPSA) is 66.4 Å². The Hall–Kier alpha value is -2.05. The Balaban J connectivity index is 2.48. The molecule has 1 amide bonds. The van der Waals surface area contributed by atoms with E-state index in [1.807, 2.05) is 0 Å². The molecule has 7 heteroatoms. The van der Waals surface area contributed by atoms with Crippen molar-refractivity contribution in [1.82, 2.24) is 5.32 Å². The van der Waals surface area contributed by atoms with Gasteiger partial charge in [0.25, 0.3) is 5.91 Å². The molecule has 0 aliphatic rings. The van der Waals surface area contributed by atoms with Crippen LogP contribution in [0.2, 0.25) is 0 Å². The second kappa shape index (κ2) is 7.82. The summed E-state index contributed by atoms with van der Waals surface area (Å²) in [5, 5.41) is 11.2. The fourth-order valence-electron chi connectivity index (χ4n) is 1.85. The van der Waals surface area contributed by atoms with E-state index in [9.17, 15) is 22.8 Å². The highest BCUT2D eigenvalue weighted by atomic mass is 19.4. The number of halogens is 3. The number of benzene rings is 1. The van der Waals surface area contributed by atoms with E-state index in [4.69, 9.17) is 5.11 Å². The van der Waals surface area contributed by atoms with Crippen LogP contribution in [0.4, 0.5) is 13.2 Å². The fourth-order valence-corrected chi connectivity index (χ4v) is 1.85. The SMILES string of the molecule is CC(CNC(=O)c1ccc(CCC(F)(F)F)cc1)CC(=O)O. The summed E-state index contributed by atoms with van der Waals surface area (Å²) in [6.45, 7) is 1.93. The van der Waals surface area contributed by atoms with Gasteiger partial charge in [-0.3, -0.25) is 9.59 Å². The molecule has 1 aromatic carbocycles. The standard InChI is InChI=1S/C15H18F3NO3/c1-10(8-13(20)21)9-19-14(22)12-4-2-11(3-5-12)6-7-15(16,17)18/h2-5,10H,6-9H2,1H3,(H,19,22)(H,20,21). The number of amides is 1. The van der Waals surface area contributed by atoms with Crippen molar-refractivity contribution in [3.05, 3.63) is 35.4 Å². The Morgan fingerprint density at radius 1 is 1.23 bits per heavy atom. The number of aliphatic carboxylic acids is 1. The lowest BCUT2D eigenvalue weighted by molar-refractivity contribution is -0.138. The molecule has 1 rings (SSSR count). The van der Waals surface area contributed by atoms with Gasteiger partial charge in [0.2, 0.25) is 0 Å². The van der Waals surface area contributed by atoms with Gasteiger partial charge in [0.15, 0.2) is 0 Å². The first kappa shape index (κ1) is 18.0. The minimum atomic E-state index is -4.20. The van der Waals surface area contributed by atoms with E-state index >= 15 is 0 Å². The number of alkyl halides is 3. The second-order valence-electron chi connectivity index (χ2n) is 5.23. The summed E-state index contributed by atoms with van der Waals surface area (Å²) in [5.41, 5.74) is 0.839. The van der Waals surface area contributed by atoms with Crippen molar-refractivity contribution in [2.45, 2.75) is 32.4 Å². The number of carbonyl (C=O) groups excluding carboxylic acids is 1. The van der Waals surface area contributed by atoms with Crippen LogP contribution in [-0.4, -0.2) is 29.7 Å². The van der Waals surface area contributed by atoms with Crippen LogP contribution >= 0.6 is 0 Å². The molecule has 0 aliphatic carbocycles. The Morgan fingerprint density at radius 2 is 1.82 bits per heavy atom. The van der Waals surface area contributed by atoms with Gasteiger partial charge in [0.1, 0.15) is 0 Å². The van der Waals surface area contributed by atoms with Crippen LogP contribution in [0, 0.1) is 5.92 Å². The van der Waals surface area contributed by atoms with E-state index in [1.165, 1.54) is 24.3 Å². The van der Waals surface area contributed by atoms with Crippen LogP contribution in [0.5, 0.6) is 0 Å². The van der Waals surface area contributed by atoms with Gasteiger partial charge in [-0.1, -0.05) is 19.1 Å². The Kier molecular flexibility index (Phi) is 6.39. The number of hydrogen-bond donors (Lipinski definition) is 2. The van der Waals surface area contributed by atoms with Crippen LogP contribution in [-0.2, 0) is 11.2 Å². The van der Waals surface area contributed by atoms with Gasteiger partial charge in [-0.05, 0) is 30.0 Å². The van der Waals surface area contributed by atoms with Crippen molar-refractivity contribution in [3.63, 3.8) is 0 Å². The summed E-state index contributed by atoms with van der Waals surface area (Å²) in [6.07, 6.45) is -5.26. The maximum atomic E-state index is 12.1. The van der Waals surface area contributed by atoms with Crippen LogP contribution in [0.15, 0.2) is 24.3 Å². The summed E-state index contributed by atoms with van der Waals surface area (Å²) < 4.78 is 36.3. The zero-order valence-corrected chi connectivity index (χ0v) is 12.1. The van der Waals surface area contributed by atoms with Crippen molar-refractivity contribution in [2.24, 2.45) is 5.92 Å². The van der Waals surface area contributed by atoms with Gasteiger partial charge in [0.05, 0.1) is 0 Å². The predicted molar refractivity (Wildman–Crippen MR) is 74.6 cm³/mol. The highest BCUT2D eigenvalue weighted by molar-refractivity contribution is 5.94. The molecule has 0 saturated carbocycles. The number of nitrogens with one attached hydrogen (secondary N) is 1. The van der Waals surface area contributed by atoms with Crippen molar-refractivity contribution in [1.29, 1.82) is 0 Å². The molecule has 1 atom stereocenters. The van der Waals surface area contributed by atoms with E-state index in [1.54, 1.807) is 6.92 Å². The molecule has 0 spiro atoms. The summed E-state index contributed by atoms with van der Waals surface area (Å²) in [5.74, 6) is -1.51. The van der Waals surface area contributed by atoms with E-state index in [-0.39, 0.29) is 31.2 Å². The minimum absolute atomic E-state index is 0.0450. The van der Waals surface area contributed by atoms with Crippen LogP contribution in [0.25, 0.3) is 0 Å². The first-order valence-corrected chi connectivity index (χ1v) is 6.83. The van der Waals surface area contributed by atoms with Gasteiger partial charge in [-0.25, -0.2) is 0 Å². The van der Waals surface area contributed by atoms with Crippen molar-refractivity contribution < 1.29 is 27.9 Å². The highest BCUT2D eigenvalue weighted by Crippen LogP contribution is 2.22. The lowest BCUT2D eigenvalue weighted by Crippen LogP contribution is -2.29. The van der Waals surface area contributed by atoms with Crippen molar-refractivity contribution in [2.75, 3.05) is 6.54 Å². The summed E-state index contributed by atoms with van der Waals surface area (Å²) >= 11 is 0. The number of aryl methyl sites for hydroxylation is 1. The van der Waals surface area contributed by atoms with Gasteiger partial charge in [-0.2, -0.15) is 13.2 Å². The maximum absolute atomic E-state index is 12.1. The number of carboxylic acids is 1. The monoisotopic (exact) mass is 317 g/mol. The lowest BCUT2D eigenvalue weighted by Gasteiger charge is -2.11. The summed E-state index contributed by atoms with van der Waals surface area (Å²) in [7, 11) is 0. The quantitative estimate of drug-likeness (QED) is 0.812. The first-order chi connectivity index (χ1) is 10.2. The van der Waals surface area contributed by atoms with Gasteiger partial charge in [-0.15, -0.1) is 0 Å². The van der Waals surface area contributed by atoms with Gasteiger partial charge in [0, 0.05) is 24.9 Å². The maximum Gasteiger partial charge on any atom is 0.389 e. The molecule has 1 unspecified atom stereocenters. The Labute approximate surface area is 126 Å². The average molecular weight is 317 g/mol. The van der Waals surface area contributed by atoms with Crippen LogP contribution in [0.1, 0.15) is 35.7 Å². The van der Waals surface area contributed by atoms with Gasteiger partial charge >= 0.3 is 12.1 Å². The first-order valence-electron chi connectivity index (χ1n) is 6.83. The smallest absolute Gasteiger partial charge is 0.389 e. The van der Waals surface area contributed by atoms with E-state index in [0.717, 1.165) is 0 Å². The third kappa shape index (κ3) is 7.10. The van der Waals surface area contributed by atoms with Crippen LogP contribution in [0.3, 0.4) is 0 Å². The van der Waals surface area contributed by atoms with E-state index < -0.39 is 18.6 Å². The van der Waals surface area contributed by atoms with Gasteiger partial charge < -0.3 is 10.4 Å². The normalized spacial score (nSPS) is 12.7. The molecule has 0 fully saturated rings. The van der Waals surface area contributed by atoms with Crippen LogP contribution < -0.4 is 5.32 Å². The summed E-state index contributed by atoms with van der Waals surface area (Å²) in [4.78, 5) is 22.3. The van der Waals surface area contributed by atoms with E-state index in [0.29, 0.717) is 11.1 Å². The zero-order chi connectivity index (χ0) is 16.8. The molecule has 2 N–H and O–H groups in total. The minimum Gasteiger partial charge on any atom is -0.481 e. The largest absolute Gasteiger partial charge is 0.481 e. The number of rotatable bonds is 7. The molecule has 122 valence electrons. The number of carboxylic acid groups (broad SMARTS) is 1. The molecule has 4 nitrogen and oxygen atoms in total. The van der Waals surface area contributed by atoms with Crippen molar-refractivity contribution in [3.8, 4) is 0 Å². The lowest BCUT2D eigenvalue weighted by atomic mass is 10.1. The molecule has 0 saturated heterocycles.